The van der Waals surface area contributed by atoms with Crippen molar-refractivity contribution in [1.82, 2.24) is 15.5 Å². The first-order chi connectivity index (χ1) is 10.3. The largest absolute Gasteiger partial charge is 0.416 e. The second-order valence-corrected chi connectivity index (χ2v) is 5.29. The van der Waals surface area contributed by atoms with Crippen LogP contribution in [0.2, 0.25) is 0 Å². The molecule has 0 bridgehead atoms. The van der Waals surface area contributed by atoms with Crippen LogP contribution in [0.5, 0.6) is 0 Å². The summed E-state index contributed by atoms with van der Waals surface area (Å²) in [4.78, 5) is 17.1. The normalized spacial score (nSPS) is 18.2. The van der Waals surface area contributed by atoms with E-state index >= 15 is 0 Å². The third-order valence-corrected chi connectivity index (χ3v) is 3.71. The van der Waals surface area contributed by atoms with Crippen LogP contribution in [0.25, 0.3) is 0 Å². The summed E-state index contributed by atoms with van der Waals surface area (Å²) in [5.41, 5.74) is 0. The average molecular weight is 452 g/mol. The Morgan fingerprint density at radius 1 is 1.39 bits per heavy atom. The van der Waals surface area contributed by atoms with E-state index in [4.69, 9.17) is 5.11 Å². The number of alkyl halides is 3. The molecule has 136 valence electrons. The Balaban J connectivity index is 0.00000484. The van der Waals surface area contributed by atoms with Crippen LogP contribution < -0.4 is 10.6 Å². The van der Waals surface area contributed by atoms with Crippen molar-refractivity contribution in [2.45, 2.75) is 31.5 Å². The molecular weight excluding hydrogens is 428 g/mol. The number of aliphatic hydroxyl groups excluding tert-OH is 1. The molecule has 1 aliphatic rings. The minimum Gasteiger partial charge on any atom is -0.382 e. The first kappa shape index (κ1) is 22.2. The van der Waals surface area contributed by atoms with Crippen LogP contribution in [0, 0.1) is 5.92 Å². The number of likely N-dealkylation sites (tertiary alicyclic amines) is 1. The summed E-state index contributed by atoms with van der Waals surface area (Å²) >= 11 is 0. The molecule has 1 atom stereocenters. The number of nitrogens with one attached hydrogen (secondary N) is 2. The van der Waals surface area contributed by atoms with E-state index < -0.39 is 18.8 Å². The maximum Gasteiger partial charge on any atom is 0.416 e. The molecule has 1 rings (SSSR count). The highest BCUT2D eigenvalue weighted by molar-refractivity contribution is 14.0. The molecule has 1 fully saturated rings. The number of piperidine rings is 1. The Labute approximate surface area is 150 Å². The average Bonchev–Trinajstić information content (AvgIpc) is 2.48. The quantitative estimate of drug-likeness (QED) is 0.338. The number of aliphatic hydroxyl groups is 1. The second-order valence-electron chi connectivity index (χ2n) is 5.29. The molecule has 0 saturated carbocycles. The standard InChI is InChI=1S/C13H23F3N4O2.HI/c1-17-11(22)7-9-3-5-20(6-4-9)12(18-2)19-8-10(21)13(14,15)16;/h9-10,21H,3-8H2,1-2H3,(H,17,22)(H,18,19);1H. The molecule has 0 aromatic rings. The number of nitrogens with zero attached hydrogens (tertiary/aromatic N) is 2. The fraction of sp³-hybridized carbons (Fsp3) is 0.846. The maximum atomic E-state index is 12.3. The second kappa shape index (κ2) is 10.2. The molecule has 0 radical (unpaired) electrons. The highest BCUT2D eigenvalue weighted by Crippen LogP contribution is 2.21. The molecule has 1 aliphatic heterocycles. The van der Waals surface area contributed by atoms with E-state index in [2.05, 4.69) is 15.6 Å². The van der Waals surface area contributed by atoms with Crippen molar-refractivity contribution in [2.24, 2.45) is 10.9 Å². The predicted molar refractivity (Wildman–Crippen MR) is 91.8 cm³/mol. The van der Waals surface area contributed by atoms with E-state index in [-0.39, 0.29) is 35.8 Å². The molecule has 1 saturated heterocycles. The summed E-state index contributed by atoms with van der Waals surface area (Å²) in [6.45, 7) is 0.598. The van der Waals surface area contributed by atoms with Crippen LogP contribution in [0.1, 0.15) is 19.3 Å². The fourth-order valence-electron chi connectivity index (χ4n) is 2.35. The van der Waals surface area contributed by atoms with Crippen molar-refractivity contribution in [2.75, 3.05) is 33.7 Å². The van der Waals surface area contributed by atoms with Crippen LogP contribution in [0.4, 0.5) is 13.2 Å². The summed E-state index contributed by atoms with van der Waals surface area (Å²) in [6.07, 6.45) is -5.06. The van der Waals surface area contributed by atoms with Gasteiger partial charge in [-0.25, -0.2) is 0 Å². The van der Waals surface area contributed by atoms with Gasteiger partial charge < -0.3 is 20.6 Å². The van der Waals surface area contributed by atoms with Gasteiger partial charge in [-0.1, -0.05) is 0 Å². The van der Waals surface area contributed by atoms with Crippen molar-refractivity contribution < 1.29 is 23.1 Å². The Hall–Kier alpha value is -0.780. The van der Waals surface area contributed by atoms with E-state index in [0.717, 1.165) is 12.8 Å². The van der Waals surface area contributed by atoms with Gasteiger partial charge in [-0.15, -0.1) is 24.0 Å². The first-order valence-electron chi connectivity index (χ1n) is 7.18. The van der Waals surface area contributed by atoms with Gasteiger partial charge >= 0.3 is 6.18 Å². The van der Waals surface area contributed by atoms with Crippen molar-refractivity contribution in [3.63, 3.8) is 0 Å². The summed E-state index contributed by atoms with van der Waals surface area (Å²) in [5.74, 6) is 0.603. The zero-order valence-corrected chi connectivity index (χ0v) is 15.5. The molecule has 1 amide bonds. The lowest BCUT2D eigenvalue weighted by Crippen LogP contribution is -2.49. The van der Waals surface area contributed by atoms with Gasteiger partial charge in [0, 0.05) is 33.6 Å². The molecule has 6 nitrogen and oxygen atoms in total. The van der Waals surface area contributed by atoms with Crippen LogP contribution in [0.15, 0.2) is 4.99 Å². The Kier molecular flexibility index (Phi) is 9.82. The lowest BCUT2D eigenvalue weighted by Gasteiger charge is -2.34. The zero-order valence-electron chi connectivity index (χ0n) is 13.2. The Morgan fingerprint density at radius 2 is 1.96 bits per heavy atom. The van der Waals surface area contributed by atoms with E-state index in [1.165, 1.54) is 7.05 Å². The van der Waals surface area contributed by atoms with E-state index in [0.29, 0.717) is 25.5 Å². The third-order valence-electron chi connectivity index (χ3n) is 3.71. The fourth-order valence-corrected chi connectivity index (χ4v) is 2.35. The molecule has 1 unspecified atom stereocenters. The van der Waals surface area contributed by atoms with Gasteiger partial charge in [0.15, 0.2) is 12.1 Å². The highest BCUT2D eigenvalue weighted by atomic mass is 127. The van der Waals surface area contributed by atoms with Gasteiger partial charge in [-0.3, -0.25) is 9.79 Å². The van der Waals surface area contributed by atoms with Gasteiger partial charge in [-0.05, 0) is 18.8 Å². The predicted octanol–water partition coefficient (Wildman–Crippen LogP) is 0.951. The summed E-state index contributed by atoms with van der Waals surface area (Å²) < 4.78 is 36.8. The van der Waals surface area contributed by atoms with Crippen molar-refractivity contribution in [3.05, 3.63) is 0 Å². The van der Waals surface area contributed by atoms with E-state index in [9.17, 15) is 18.0 Å². The van der Waals surface area contributed by atoms with Gasteiger partial charge in [0.1, 0.15) is 0 Å². The lowest BCUT2D eigenvalue weighted by atomic mass is 9.93. The molecule has 1 heterocycles. The van der Waals surface area contributed by atoms with Gasteiger partial charge in [0.2, 0.25) is 5.91 Å². The number of rotatable bonds is 4. The molecule has 23 heavy (non-hydrogen) atoms. The monoisotopic (exact) mass is 452 g/mol. The minimum atomic E-state index is -4.65. The van der Waals surface area contributed by atoms with Crippen LogP contribution >= 0.6 is 24.0 Å². The lowest BCUT2D eigenvalue weighted by molar-refractivity contribution is -0.201. The molecule has 3 N–H and O–H groups in total. The molecule has 0 aromatic heterocycles. The SMILES string of the molecule is CN=C(NCC(O)C(F)(F)F)N1CCC(CC(=O)NC)CC1.I. The maximum absolute atomic E-state index is 12.3. The molecular formula is C13H24F3IN4O2. The van der Waals surface area contributed by atoms with Crippen molar-refractivity contribution >= 4 is 35.8 Å². The Morgan fingerprint density at radius 3 is 2.39 bits per heavy atom. The van der Waals surface area contributed by atoms with Crippen LogP contribution in [-0.2, 0) is 4.79 Å². The van der Waals surface area contributed by atoms with E-state index in [1.54, 1.807) is 7.05 Å². The topological polar surface area (TPSA) is 77.0 Å². The minimum absolute atomic E-state index is 0. The Bertz CT molecular complexity index is 399. The summed E-state index contributed by atoms with van der Waals surface area (Å²) in [7, 11) is 3.08. The number of hydrogen-bond acceptors (Lipinski definition) is 3. The van der Waals surface area contributed by atoms with Crippen molar-refractivity contribution in [1.29, 1.82) is 0 Å². The molecule has 0 aliphatic carbocycles. The van der Waals surface area contributed by atoms with Gasteiger partial charge in [0.05, 0.1) is 6.54 Å². The molecule has 0 spiro atoms. The number of halogens is 4. The number of amides is 1. The summed E-state index contributed by atoms with van der Waals surface area (Å²) in [5, 5.41) is 14.1. The number of guanidine groups is 1. The van der Waals surface area contributed by atoms with Gasteiger partial charge in [0.25, 0.3) is 0 Å². The van der Waals surface area contributed by atoms with Crippen LogP contribution in [-0.4, -0.2) is 67.9 Å². The van der Waals surface area contributed by atoms with Gasteiger partial charge in [-0.2, -0.15) is 13.2 Å². The number of hydrogen-bond donors (Lipinski definition) is 3. The molecule has 10 heteroatoms. The number of carbonyl (C=O) groups is 1. The number of aliphatic imine (C=N–C) groups is 1. The van der Waals surface area contributed by atoms with E-state index in [1.807, 2.05) is 4.90 Å². The highest BCUT2D eigenvalue weighted by Gasteiger charge is 2.38. The van der Waals surface area contributed by atoms with Crippen molar-refractivity contribution in [3.8, 4) is 0 Å². The smallest absolute Gasteiger partial charge is 0.382 e. The zero-order chi connectivity index (χ0) is 16.8. The summed E-state index contributed by atoms with van der Waals surface area (Å²) in [6, 6.07) is 0. The third kappa shape index (κ3) is 7.55. The number of carbonyl (C=O) groups excluding carboxylic acids is 1. The van der Waals surface area contributed by atoms with Crippen LogP contribution in [0.3, 0.4) is 0 Å². The molecule has 0 aromatic carbocycles. The first-order valence-corrected chi connectivity index (χ1v) is 7.18.